The zero-order valence-electron chi connectivity index (χ0n) is 13.8. The molecule has 0 saturated carbocycles. The molecule has 0 aliphatic heterocycles. The summed E-state index contributed by atoms with van der Waals surface area (Å²) < 4.78 is 11.4. The fourth-order valence-corrected chi connectivity index (χ4v) is 2.51. The molecule has 7 nitrogen and oxygen atoms in total. The summed E-state index contributed by atoms with van der Waals surface area (Å²) in [6, 6.07) is 10.8. The second-order valence-electron chi connectivity index (χ2n) is 5.44. The molecule has 0 amide bonds. The van der Waals surface area contributed by atoms with Gasteiger partial charge in [0.15, 0.2) is 6.10 Å². The van der Waals surface area contributed by atoms with Crippen molar-refractivity contribution in [3.8, 4) is 5.75 Å². The van der Waals surface area contributed by atoms with E-state index in [1.807, 2.05) is 0 Å². The van der Waals surface area contributed by atoms with Crippen LogP contribution in [-0.4, -0.2) is 27.6 Å². The molecule has 2 aromatic heterocycles. The number of aromatic nitrogens is 2. The molecule has 1 N–H and O–H groups in total. The molecule has 8 heteroatoms. The van der Waals surface area contributed by atoms with Gasteiger partial charge in [-0.2, -0.15) is 0 Å². The van der Waals surface area contributed by atoms with Gasteiger partial charge >= 0.3 is 5.97 Å². The first-order chi connectivity index (χ1) is 12.5. The molecule has 2 heterocycles. The summed E-state index contributed by atoms with van der Waals surface area (Å²) in [5.74, 6) is -0.233. The smallest absolute Gasteiger partial charge is 0.340 e. The van der Waals surface area contributed by atoms with E-state index in [-0.39, 0.29) is 17.9 Å². The van der Waals surface area contributed by atoms with Crippen LogP contribution in [0, 0.1) is 0 Å². The van der Waals surface area contributed by atoms with Gasteiger partial charge in [-0.25, -0.2) is 9.78 Å². The van der Waals surface area contributed by atoms with Gasteiger partial charge in [0.05, 0.1) is 17.8 Å². The number of hydrogen-bond acceptors (Lipinski definition) is 6. The van der Waals surface area contributed by atoms with Crippen molar-refractivity contribution in [3.63, 3.8) is 0 Å². The SMILES string of the molecule is COc1ccc([C@@H](O)C(=O)OCc2cc(=O)n3cc(Cl)ccc3n2)cc1. The maximum Gasteiger partial charge on any atom is 0.340 e. The van der Waals surface area contributed by atoms with Gasteiger partial charge in [0.2, 0.25) is 0 Å². The Hall–Kier alpha value is -2.90. The van der Waals surface area contributed by atoms with Crippen LogP contribution >= 0.6 is 11.6 Å². The molecule has 0 fully saturated rings. The fourth-order valence-electron chi connectivity index (χ4n) is 2.35. The van der Waals surface area contributed by atoms with Crippen molar-refractivity contribution in [2.75, 3.05) is 7.11 Å². The number of rotatable bonds is 5. The first kappa shape index (κ1) is 17.9. The third-order valence-corrected chi connectivity index (χ3v) is 3.92. The van der Waals surface area contributed by atoms with Crippen LogP contribution in [0.25, 0.3) is 5.65 Å². The molecule has 0 radical (unpaired) electrons. The second-order valence-corrected chi connectivity index (χ2v) is 5.88. The van der Waals surface area contributed by atoms with Crippen LogP contribution in [0.2, 0.25) is 5.02 Å². The second kappa shape index (κ2) is 7.55. The molecule has 3 rings (SSSR count). The number of aliphatic hydroxyl groups excluding tert-OH is 1. The number of carbonyl (C=O) groups excluding carboxylic acids is 1. The van der Waals surface area contributed by atoms with Crippen molar-refractivity contribution >= 4 is 23.2 Å². The number of ether oxygens (including phenoxy) is 2. The Bertz CT molecular complexity index is 1000. The number of benzene rings is 1. The van der Waals surface area contributed by atoms with Gasteiger partial charge < -0.3 is 14.6 Å². The number of carbonyl (C=O) groups is 1. The maximum absolute atomic E-state index is 12.1. The van der Waals surface area contributed by atoms with E-state index in [1.165, 1.54) is 23.8 Å². The lowest BCUT2D eigenvalue weighted by Gasteiger charge is -2.11. The topological polar surface area (TPSA) is 90.1 Å². The van der Waals surface area contributed by atoms with E-state index < -0.39 is 12.1 Å². The lowest BCUT2D eigenvalue weighted by molar-refractivity contribution is -0.155. The third-order valence-electron chi connectivity index (χ3n) is 3.69. The Morgan fingerprint density at radius 1 is 1.27 bits per heavy atom. The first-order valence-corrected chi connectivity index (χ1v) is 8.02. The summed E-state index contributed by atoms with van der Waals surface area (Å²) in [4.78, 5) is 28.3. The minimum atomic E-state index is -1.44. The van der Waals surface area contributed by atoms with Gasteiger partial charge in [0.1, 0.15) is 18.0 Å². The molecule has 0 spiro atoms. The van der Waals surface area contributed by atoms with Crippen molar-refractivity contribution in [2.45, 2.75) is 12.7 Å². The van der Waals surface area contributed by atoms with Crippen molar-refractivity contribution in [3.05, 3.63) is 75.3 Å². The van der Waals surface area contributed by atoms with E-state index >= 15 is 0 Å². The minimum Gasteiger partial charge on any atom is -0.497 e. The summed E-state index contributed by atoms with van der Waals surface area (Å²) in [5, 5.41) is 10.5. The molecule has 0 aliphatic carbocycles. The van der Waals surface area contributed by atoms with Crippen molar-refractivity contribution in [2.24, 2.45) is 0 Å². The number of methoxy groups -OCH3 is 1. The molecule has 134 valence electrons. The van der Waals surface area contributed by atoms with Gasteiger partial charge in [-0.05, 0) is 29.8 Å². The Kier molecular flexibility index (Phi) is 5.20. The Balaban J connectivity index is 1.71. The minimum absolute atomic E-state index is 0.236. The molecule has 0 saturated heterocycles. The fraction of sp³-hybridized carbons (Fsp3) is 0.167. The summed E-state index contributed by atoms with van der Waals surface area (Å²) >= 11 is 5.85. The molecule has 1 atom stereocenters. The van der Waals surface area contributed by atoms with Gasteiger partial charge in [-0.15, -0.1) is 0 Å². The van der Waals surface area contributed by atoms with Crippen LogP contribution in [0.1, 0.15) is 17.4 Å². The van der Waals surface area contributed by atoms with E-state index in [4.69, 9.17) is 21.1 Å². The van der Waals surface area contributed by atoms with Crippen molar-refractivity contribution in [1.29, 1.82) is 0 Å². The molecule has 0 bridgehead atoms. The molecule has 0 unspecified atom stereocenters. The number of halogens is 1. The van der Waals surface area contributed by atoms with E-state index in [1.54, 1.807) is 36.4 Å². The highest BCUT2D eigenvalue weighted by Gasteiger charge is 2.19. The third kappa shape index (κ3) is 3.84. The van der Waals surface area contributed by atoms with Crippen LogP contribution in [0.3, 0.4) is 0 Å². The number of fused-ring (bicyclic) bond motifs is 1. The first-order valence-electron chi connectivity index (χ1n) is 7.64. The molecular weight excluding hydrogens is 360 g/mol. The predicted octanol–water partition coefficient (Wildman–Crippen LogP) is 2.13. The monoisotopic (exact) mass is 374 g/mol. The van der Waals surface area contributed by atoms with Crippen LogP contribution in [-0.2, 0) is 16.1 Å². The maximum atomic E-state index is 12.1. The summed E-state index contributed by atoms with van der Waals surface area (Å²) in [7, 11) is 1.52. The zero-order valence-corrected chi connectivity index (χ0v) is 14.5. The number of hydrogen-bond donors (Lipinski definition) is 1. The van der Waals surface area contributed by atoms with Gasteiger partial charge in [0, 0.05) is 12.3 Å². The van der Waals surface area contributed by atoms with E-state index in [2.05, 4.69) is 4.98 Å². The predicted molar refractivity (Wildman–Crippen MR) is 94.2 cm³/mol. The quantitative estimate of drug-likeness (QED) is 0.688. The van der Waals surface area contributed by atoms with E-state index in [0.717, 1.165) is 0 Å². The largest absolute Gasteiger partial charge is 0.497 e. The van der Waals surface area contributed by atoms with Crippen LogP contribution in [0.15, 0.2) is 53.5 Å². The Morgan fingerprint density at radius 3 is 2.69 bits per heavy atom. The van der Waals surface area contributed by atoms with Crippen LogP contribution < -0.4 is 10.3 Å². The number of pyridine rings is 1. The van der Waals surface area contributed by atoms with Gasteiger partial charge in [-0.1, -0.05) is 23.7 Å². The Morgan fingerprint density at radius 2 is 2.00 bits per heavy atom. The molecule has 1 aromatic carbocycles. The molecular formula is C18H15ClN2O5. The van der Waals surface area contributed by atoms with Crippen LogP contribution in [0.4, 0.5) is 0 Å². The van der Waals surface area contributed by atoms with Crippen molar-refractivity contribution in [1.82, 2.24) is 9.38 Å². The molecule has 3 aromatic rings. The molecule has 26 heavy (non-hydrogen) atoms. The summed E-state index contributed by atoms with van der Waals surface area (Å²) in [6.07, 6.45) is 0.0105. The highest BCUT2D eigenvalue weighted by molar-refractivity contribution is 6.30. The average Bonchev–Trinajstić information content (AvgIpc) is 2.66. The standard InChI is InChI=1S/C18H15ClN2O5/c1-25-14-5-2-11(3-6-14)17(23)18(24)26-10-13-8-16(22)21-9-12(19)4-7-15(21)20-13/h2-9,17,23H,10H2,1H3/t17-/m1/s1. The number of nitrogens with zero attached hydrogens (tertiary/aromatic N) is 2. The van der Waals surface area contributed by atoms with E-state index in [9.17, 15) is 14.7 Å². The zero-order chi connectivity index (χ0) is 18.7. The van der Waals surface area contributed by atoms with Gasteiger partial charge in [-0.3, -0.25) is 9.20 Å². The molecule has 0 aliphatic rings. The average molecular weight is 375 g/mol. The highest BCUT2D eigenvalue weighted by Crippen LogP contribution is 2.19. The lowest BCUT2D eigenvalue weighted by atomic mass is 10.1. The highest BCUT2D eigenvalue weighted by atomic mass is 35.5. The van der Waals surface area contributed by atoms with Crippen LogP contribution in [0.5, 0.6) is 5.75 Å². The van der Waals surface area contributed by atoms with E-state index in [0.29, 0.717) is 22.0 Å². The van der Waals surface area contributed by atoms with Crippen molar-refractivity contribution < 1.29 is 19.4 Å². The summed E-state index contributed by atoms with van der Waals surface area (Å²) in [6.45, 7) is -0.236. The number of esters is 1. The number of aliphatic hydroxyl groups is 1. The van der Waals surface area contributed by atoms with Gasteiger partial charge in [0.25, 0.3) is 5.56 Å². The summed E-state index contributed by atoms with van der Waals surface area (Å²) in [5.41, 5.74) is 0.674. The normalized spacial score (nSPS) is 12.0. The Labute approximate surface area is 153 Å². The lowest BCUT2D eigenvalue weighted by Crippen LogP contribution is -2.19.